The van der Waals surface area contributed by atoms with Gasteiger partial charge in [-0.3, -0.25) is 9.59 Å². The molecule has 0 saturated carbocycles. The monoisotopic (exact) mass is 262 g/mol. The molecule has 4 heteroatoms. The highest BCUT2D eigenvalue weighted by atomic mass is 16.2. The molecular weight excluding hydrogens is 240 g/mol. The van der Waals surface area contributed by atoms with Crippen LogP contribution in [0.5, 0.6) is 0 Å². The molecule has 0 heterocycles. The van der Waals surface area contributed by atoms with Crippen molar-refractivity contribution in [3.8, 4) is 0 Å². The average molecular weight is 262 g/mol. The Kier molecular flexibility index (Phi) is 6.06. The molecule has 0 radical (unpaired) electrons. The van der Waals surface area contributed by atoms with Crippen LogP contribution in [-0.2, 0) is 9.59 Å². The van der Waals surface area contributed by atoms with Gasteiger partial charge in [0.2, 0.25) is 11.8 Å². The van der Waals surface area contributed by atoms with E-state index in [-0.39, 0.29) is 18.2 Å². The molecule has 1 rings (SSSR count). The summed E-state index contributed by atoms with van der Waals surface area (Å²) in [6, 6.07) is 5.84. The van der Waals surface area contributed by atoms with Crippen molar-refractivity contribution in [1.82, 2.24) is 5.32 Å². The van der Waals surface area contributed by atoms with Crippen molar-refractivity contribution in [1.29, 1.82) is 0 Å². The lowest BCUT2D eigenvalue weighted by atomic mass is 10.1. The third-order valence-corrected chi connectivity index (χ3v) is 2.84. The molecule has 0 unspecified atom stereocenters. The van der Waals surface area contributed by atoms with Crippen LogP contribution in [0.15, 0.2) is 18.2 Å². The van der Waals surface area contributed by atoms with E-state index in [2.05, 4.69) is 17.6 Å². The van der Waals surface area contributed by atoms with Crippen molar-refractivity contribution in [3.63, 3.8) is 0 Å². The molecule has 4 nitrogen and oxygen atoms in total. The molecule has 2 amide bonds. The molecule has 104 valence electrons. The number of rotatable bonds is 6. The molecule has 19 heavy (non-hydrogen) atoms. The summed E-state index contributed by atoms with van der Waals surface area (Å²) >= 11 is 0. The van der Waals surface area contributed by atoms with Crippen LogP contribution >= 0.6 is 0 Å². The Morgan fingerprint density at radius 1 is 1.16 bits per heavy atom. The summed E-state index contributed by atoms with van der Waals surface area (Å²) in [5.41, 5.74) is 2.84. The van der Waals surface area contributed by atoms with Crippen LogP contribution < -0.4 is 10.6 Å². The van der Waals surface area contributed by atoms with Crippen molar-refractivity contribution >= 4 is 17.5 Å². The van der Waals surface area contributed by atoms with Crippen LogP contribution in [0.1, 0.15) is 37.3 Å². The second kappa shape index (κ2) is 7.56. The van der Waals surface area contributed by atoms with E-state index in [4.69, 9.17) is 0 Å². The summed E-state index contributed by atoms with van der Waals surface area (Å²) in [5.74, 6) is -0.501. The zero-order chi connectivity index (χ0) is 14.3. The minimum atomic E-state index is -0.275. The quantitative estimate of drug-likeness (QED) is 0.611. The third kappa shape index (κ3) is 5.55. The minimum Gasteiger partial charge on any atom is -0.356 e. The molecule has 0 aliphatic carbocycles. The number of anilines is 1. The van der Waals surface area contributed by atoms with Crippen molar-refractivity contribution in [2.24, 2.45) is 0 Å². The Labute approximate surface area is 114 Å². The molecule has 0 saturated heterocycles. The Balaban J connectivity index is 2.46. The zero-order valence-corrected chi connectivity index (χ0v) is 11.9. The van der Waals surface area contributed by atoms with Crippen LogP contribution in [0.3, 0.4) is 0 Å². The summed E-state index contributed by atoms with van der Waals surface area (Å²) in [5, 5.41) is 5.50. The predicted octanol–water partition coefficient (Wildman–Crippen LogP) is 2.55. The molecule has 1 aromatic rings. The van der Waals surface area contributed by atoms with Gasteiger partial charge in [0.05, 0.1) is 0 Å². The lowest BCUT2D eigenvalue weighted by Crippen LogP contribution is -2.28. The Morgan fingerprint density at radius 3 is 2.58 bits per heavy atom. The van der Waals surface area contributed by atoms with Gasteiger partial charge in [-0.25, -0.2) is 0 Å². The number of nitrogens with one attached hydrogen (secondary N) is 2. The number of unbranched alkanes of at least 4 members (excludes halogenated alkanes) is 1. The number of amides is 2. The first-order valence-electron chi connectivity index (χ1n) is 6.66. The summed E-state index contributed by atoms with van der Waals surface area (Å²) in [7, 11) is 0. The highest BCUT2D eigenvalue weighted by Crippen LogP contribution is 2.16. The number of aryl methyl sites for hydroxylation is 2. The fourth-order valence-corrected chi connectivity index (χ4v) is 1.68. The van der Waals surface area contributed by atoms with Gasteiger partial charge in [-0.1, -0.05) is 25.5 Å². The maximum absolute atomic E-state index is 11.7. The average Bonchev–Trinajstić information content (AvgIpc) is 2.34. The van der Waals surface area contributed by atoms with E-state index in [9.17, 15) is 9.59 Å². The highest BCUT2D eigenvalue weighted by Gasteiger charge is 2.10. The molecule has 0 aromatic heterocycles. The van der Waals surface area contributed by atoms with Crippen LogP contribution in [0.2, 0.25) is 0 Å². The van der Waals surface area contributed by atoms with E-state index in [1.165, 1.54) is 0 Å². The van der Waals surface area contributed by atoms with Crippen molar-refractivity contribution in [2.45, 2.75) is 40.0 Å². The van der Waals surface area contributed by atoms with Crippen LogP contribution in [0, 0.1) is 13.8 Å². The van der Waals surface area contributed by atoms with Gasteiger partial charge >= 0.3 is 0 Å². The number of hydrogen-bond donors (Lipinski definition) is 2. The lowest BCUT2D eigenvalue weighted by molar-refractivity contribution is -0.126. The second-order valence-corrected chi connectivity index (χ2v) is 4.75. The SMILES string of the molecule is CCCCNC(=O)CC(=O)Nc1cc(C)ccc1C. The number of carbonyl (C=O) groups excluding carboxylic acids is 2. The van der Waals surface area contributed by atoms with E-state index < -0.39 is 0 Å². The summed E-state index contributed by atoms with van der Waals surface area (Å²) in [4.78, 5) is 23.2. The topological polar surface area (TPSA) is 58.2 Å². The summed E-state index contributed by atoms with van der Waals surface area (Å²) in [6.07, 6.45) is 1.83. The number of carbonyl (C=O) groups is 2. The first-order valence-corrected chi connectivity index (χ1v) is 6.66. The number of hydrogen-bond acceptors (Lipinski definition) is 2. The van der Waals surface area contributed by atoms with Gasteiger partial charge in [-0.05, 0) is 37.5 Å². The standard InChI is InChI=1S/C15H22N2O2/c1-4-5-8-16-14(18)10-15(19)17-13-9-11(2)6-7-12(13)3/h6-7,9H,4-5,8,10H2,1-3H3,(H,16,18)(H,17,19). The van der Waals surface area contributed by atoms with E-state index in [1.54, 1.807) is 0 Å². The molecule has 0 aliphatic heterocycles. The fraction of sp³-hybridized carbons (Fsp3) is 0.467. The maximum atomic E-state index is 11.7. The molecular formula is C15H22N2O2. The van der Waals surface area contributed by atoms with E-state index >= 15 is 0 Å². The number of benzene rings is 1. The lowest BCUT2D eigenvalue weighted by Gasteiger charge is -2.09. The molecule has 0 atom stereocenters. The molecule has 2 N–H and O–H groups in total. The summed E-state index contributed by atoms with van der Waals surface area (Å²) in [6.45, 7) is 6.58. The Hall–Kier alpha value is -1.84. The zero-order valence-electron chi connectivity index (χ0n) is 11.9. The van der Waals surface area contributed by atoms with E-state index in [0.29, 0.717) is 6.54 Å². The van der Waals surface area contributed by atoms with Gasteiger partial charge in [-0.2, -0.15) is 0 Å². The van der Waals surface area contributed by atoms with Crippen molar-refractivity contribution in [3.05, 3.63) is 29.3 Å². The van der Waals surface area contributed by atoms with Crippen LogP contribution in [0.4, 0.5) is 5.69 Å². The van der Waals surface area contributed by atoms with Crippen molar-refractivity contribution < 1.29 is 9.59 Å². The molecule has 0 spiro atoms. The smallest absolute Gasteiger partial charge is 0.233 e. The van der Waals surface area contributed by atoms with Gasteiger partial charge in [0.1, 0.15) is 6.42 Å². The Bertz CT molecular complexity index is 455. The largest absolute Gasteiger partial charge is 0.356 e. The van der Waals surface area contributed by atoms with E-state index in [1.807, 2.05) is 32.0 Å². The maximum Gasteiger partial charge on any atom is 0.233 e. The minimum absolute atomic E-state index is 0.128. The molecule has 0 bridgehead atoms. The second-order valence-electron chi connectivity index (χ2n) is 4.75. The molecule has 0 fully saturated rings. The first-order chi connectivity index (χ1) is 9.02. The van der Waals surface area contributed by atoms with Gasteiger partial charge in [-0.15, -0.1) is 0 Å². The molecule has 0 aliphatic rings. The van der Waals surface area contributed by atoms with Crippen LogP contribution in [0.25, 0.3) is 0 Å². The Morgan fingerprint density at radius 2 is 1.89 bits per heavy atom. The van der Waals surface area contributed by atoms with Gasteiger partial charge in [0.15, 0.2) is 0 Å². The molecule has 1 aromatic carbocycles. The normalized spacial score (nSPS) is 10.1. The summed E-state index contributed by atoms with van der Waals surface area (Å²) < 4.78 is 0. The van der Waals surface area contributed by atoms with Gasteiger partial charge in [0.25, 0.3) is 0 Å². The fourth-order valence-electron chi connectivity index (χ4n) is 1.68. The van der Waals surface area contributed by atoms with Gasteiger partial charge in [0, 0.05) is 12.2 Å². The first kappa shape index (κ1) is 15.2. The highest BCUT2D eigenvalue weighted by molar-refractivity contribution is 6.03. The third-order valence-electron chi connectivity index (χ3n) is 2.84. The van der Waals surface area contributed by atoms with Crippen LogP contribution in [-0.4, -0.2) is 18.4 Å². The predicted molar refractivity (Wildman–Crippen MR) is 77.1 cm³/mol. The van der Waals surface area contributed by atoms with E-state index in [0.717, 1.165) is 29.7 Å². The van der Waals surface area contributed by atoms with Crippen molar-refractivity contribution in [2.75, 3.05) is 11.9 Å². The van der Waals surface area contributed by atoms with Gasteiger partial charge < -0.3 is 10.6 Å².